The lowest BCUT2D eigenvalue weighted by atomic mass is 10.2. The molecule has 0 unspecified atom stereocenters. The van der Waals surface area contributed by atoms with E-state index in [2.05, 4.69) is 18.9 Å². The first kappa shape index (κ1) is 7.20. The predicted molar refractivity (Wildman–Crippen MR) is 32.4 cm³/mol. The van der Waals surface area contributed by atoms with E-state index in [9.17, 15) is 9.59 Å². The quantitative estimate of drug-likeness (QED) is 0.523. The van der Waals surface area contributed by atoms with Crippen LogP contribution in [0.25, 0.3) is 0 Å². The van der Waals surface area contributed by atoms with Gasteiger partial charge in [0.2, 0.25) is 0 Å². The Hall–Kier alpha value is -1.46. The van der Waals surface area contributed by atoms with Gasteiger partial charge in [-0.25, -0.2) is 9.59 Å². The molecule has 6 heteroatoms. The average Bonchev–Trinajstić information content (AvgIpc) is 2.58. The molecule has 2 atom stereocenters. The number of carbonyl (C=O) groups is 2. The summed E-state index contributed by atoms with van der Waals surface area (Å²) in [6.45, 7) is 0.223. The molecule has 6 nitrogen and oxygen atoms in total. The Bertz CT molecular complexity index is 200. The van der Waals surface area contributed by atoms with Gasteiger partial charge in [-0.3, -0.25) is 0 Å². The highest BCUT2D eigenvalue weighted by molar-refractivity contribution is 5.64. The molecule has 2 aliphatic rings. The number of carbonyl (C=O) groups excluding carboxylic acids is 2. The van der Waals surface area contributed by atoms with Crippen molar-refractivity contribution in [2.45, 2.75) is 12.2 Å². The summed E-state index contributed by atoms with van der Waals surface area (Å²) in [5.41, 5.74) is 0. The van der Waals surface area contributed by atoms with Crippen LogP contribution in [0.15, 0.2) is 0 Å². The van der Waals surface area contributed by atoms with Crippen molar-refractivity contribution in [1.29, 1.82) is 0 Å². The lowest BCUT2D eigenvalue weighted by molar-refractivity contribution is 0.0434. The number of ether oxygens (including phenoxy) is 4. The second kappa shape index (κ2) is 2.54. The zero-order valence-corrected chi connectivity index (χ0v) is 6.02. The summed E-state index contributed by atoms with van der Waals surface area (Å²) in [5, 5.41) is 0. The minimum atomic E-state index is -0.733. The largest absolute Gasteiger partial charge is 0.508 e. The van der Waals surface area contributed by atoms with Crippen LogP contribution in [0.5, 0.6) is 0 Å². The summed E-state index contributed by atoms with van der Waals surface area (Å²) in [6, 6.07) is 0. The van der Waals surface area contributed by atoms with E-state index in [1.165, 1.54) is 0 Å². The first-order valence-electron chi connectivity index (χ1n) is 3.42. The van der Waals surface area contributed by atoms with Crippen LogP contribution < -0.4 is 0 Å². The van der Waals surface area contributed by atoms with Crippen LogP contribution >= 0.6 is 0 Å². The summed E-state index contributed by atoms with van der Waals surface area (Å²) in [4.78, 5) is 20.9. The lowest BCUT2D eigenvalue weighted by Crippen LogP contribution is -2.30. The van der Waals surface area contributed by atoms with Crippen molar-refractivity contribution in [3.63, 3.8) is 0 Å². The molecule has 2 heterocycles. The van der Waals surface area contributed by atoms with Gasteiger partial charge in [-0.15, -0.1) is 0 Å². The standard InChI is InChI=1S/C6H6O6/c7-5-9-1-3(11-5)4-2-10-6(8)12-4/h3-4H,1-2H2/t3-,4-/m1/s1. The van der Waals surface area contributed by atoms with Crippen LogP contribution in [0.1, 0.15) is 0 Å². The molecule has 0 N–H and O–H groups in total. The number of hydrogen-bond donors (Lipinski definition) is 0. The highest BCUT2D eigenvalue weighted by Crippen LogP contribution is 2.17. The third-order valence-corrected chi connectivity index (χ3v) is 1.64. The summed E-state index contributed by atoms with van der Waals surface area (Å²) in [5.74, 6) is 0. The predicted octanol–water partition coefficient (Wildman–Crippen LogP) is 0.0572. The maximum Gasteiger partial charge on any atom is 0.508 e. The molecule has 0 spiro atoms. The molecule has 0 radical (unpaired) electrons. The normalized spacial score (nSPS) is 33.7. The smallest absolute Gasteiger partial charge is 0.430 e. The summed E-state index contributed by atoms with van der Waals surface area (Å²) < 4.78 is 18.4. The first-order chi connectivity index (χ1) is 5.75. The van der Waals surface area contributed by atoms with E-state index in [-0.39, 0.29) is 13.2 Å². The fourth-order valence-electron chi connectivity index (χ4n) is 1.05. The van der Waals surface area contributed by atoms with Gasteiger partial charge in [0.1, 0.15) is 13.2 Å². The molecule has 0 aromatic heterocycles. The Morgan fingerprint density at radius 2 is 1.33 bits per heavy atom. The van der Waals surface area contributed by atoms with E-state index in [0.717, 1.165) is 0 Å². The molecule has 66 valence electrons. The molecule has 0 saturated carbocycles. The summed E-state index contributed by atoms with van der Waals surface area (Å²) in [7, 11) is 0. The van der Waals surface area contributed by atoms with Crippen molar-refractivity contribution in [1.82, 2.24) is 0 Å². The Morgan fingerprint density at radius 3 is 1.58 bits per heavy atom. The molecular formula is C6H6O6. The summed E-state index contributed by atoms with van der Waals surface area (Å²) >= 11 is 0. The van der Waals surface area contributed by atoms with Gasteiger partial charge in [0.15, 0.2) is 12.2 Å². The van der Waals surface area contributed by atoms with Crippen molar-refractivity contribution in [3.05, 3.63) is 0 Å². The molecule has 0 aromatic rings. The Morgan fingerprint density at radius 1 is 0.917 bits per heavy atom. The Kier molecular flexibility index (Phi) is 1.53. The zero-order valence-electron chi connectivity index (χ0n) is 6.02. The van der Waals surface area contributed by atoms with Crippen LogP contribution in [-0.4, -0.2) is 37.7 Å². The van der Waals surface area contributed by atoms with Crippen molar-refractivity contribution < 1.29 is 28.5 Å². The third kappa shape index (κ3) is 1.15. The first-order valence-corrected chi connectivity index (χ1v) is 3.42. The molecule has 2 fully saturated rings. The monoisotopic (exact) mass is 174 g/mol. The van der Waals surface area contributed by atoms with Gasteiger partial charge in [0.05, 0.1) is 0 Å². The second-order valence-electron chi connectivity index (χ2n) is 2.43. The maximum absolute atomic E-state index is 10.5. The van der Waals surface area contributed by atoms with Gasteiger partial charge >= 0.3 is 12.3 Å². The van der Waals surface area contributed by atoms with Crippen molar-refractivity contribution in [2.75, 3.05) is 13.2 Å². The SMILES string of the molecule is O=C1OC[C@H]([C@H]2COC(=O)O2)O1. The minimum absolute atomic E-state index is 0.111. The molecule has 0 bridgehead atoms. The van der Waals surface area contributed by atoms with E-state index in [1.54, 1.807) is 0 Å². The van der Waals surface area contributed by atoms with Crippen LogP contribution in [0.4, 0.5) is 9.59 Å². The van der Waals surface area contributed by atoms with Crippen LogP contribution in [0.2, 0.25) is 0 Å². The van der Waals surface area contributed by atoms with Crippen molar-refractivity contribution >= 4 is 12.3 Å². The van der Waals surface area contributed by atoms with Gasteiger partial charge in [0, 0.05) is 0 Å². The van der Waals surface area contributed by atoms with Gasteiger partial charge < -0.3 is 18.9 Å². The van der Waals surface area contributed by atoms with Crippen molar-refractivity contribution in [2.24, 2.45) is 0 Å². The topological polar surface area (TPSA) is 71.1 Å². The molecule has 12 heavy (non-hydrogen) atoms. The second-order valence-corrected chi connectivity index (χ2v) is 2.43. The molecule has 0 amide bonds. The van der Waals surface area contributed by atoms with E-state index in [1.807, 2.05) is 0 Å². The molecule has 2 saturated heterocycles. The fourth-order valence-corrected chi connectivity index (χ4v) is 1.05. The molecule has 0 aromatic carbocycles. The van der Waals surface area contributed by atoms with Gasteiger partial charge in [0.25, 0.3) is 0 Å². The van der Waals surface area contributed by atoms with E-state index in [0.29, 0.717) is 0 Å². The van der Waals surface area contributed by atoms with Crippen LogP contribution in [0.3, 0.4) is 0 Å². The van der Waals surface area contributed by atoms with Gasteiger partial charge in [-0.1, -0.05) is 0 Å². The zero-order chi connectivity index (χ0) is 8.55. The summed E-state index contributed by atoms with van der Waals surface area (Å²) in [6.07, 6.45) is -2.52. The number of cyclic esters (lactones) is 4. The van der Waals surface area contributed by atoms with Gasteiger partial charge in [-0.05, 0) is 0 Å². The maximum atomic E-state index is 10.5. The Labute approximate surface area is 67.3 Å². The van der Waals surface area contributed by atoms with E-state index >= 15 is 0 Å². The number of hydrogen-bond acceptors (Lipinski definition) is 6. The highest BCUT2D eigenvalue weighted by Gasteiger charge is 2.39. The lowest BCUT2D eigenvalue weighted by Gasteiger charge is -2.09. The van der Waals surface area contributed by atoms with Gasteiger partial charge in [-0.2, -0.15) is 0 Å². The average molecular weight is 174 g/mol. The third-order valence-electron chi connectivity index (χ3n) is 1.64. The molecule has 2 aliphatic heterocycles. The molecule has 0 aliphatic carbocycles. The molecule has 2 rings (SSSR count). The van der Waals surface area contributed by atoms with Crippen molar-refractivity contribution in [3.8, 4) is 0 Å². The Balaban J connectivity index is 1.93. The van der Waals surface area contributed by atoms with Crippen LogP contribution in [0, 0.1) is 0 Å². The van der Waals surface area contributed by atoms with Crippen LogP contribution in [-0.2, 0) is 18.9 Å². The van der Waals surface area contributed by atoms with E-state index in [4.69, 9.17) is 0 Å². The highest BCUT2D eigenvalue weighted by atomic mass is 16.8. The van der Waals surface area contributed by atoms with E-state index < -0.39 is 24.5 Å². The fraction of sp³-hybridized carbons (Fsp3) is 0.667. The number of rotatable bonds is 1. The minimum Gasteiger partial charge on any atom is -0.430 e. The molecular weight excluding hydrogens is 168 g/mol.